The Morgan fingerprint density at radius 3 is 1.05 bits per heavy atom. The van der Waals surface area contributed by atoms with Gasteiger partial charge in [-0.2, -0.15) is 0 Å². The number of aliphatic hydroxyl groups is 2. The quantitative estimate of drug-likeness (QED) is 0.0421. The molecule has 3 N–H and O–H groups in total. The van der Waals surface area contributed by atoms with Gasteiger partial charge in [-0.1, -0.05) is 254 Å². The van der Waals surface area contributed by atoms with Gasteiger partial charge >= 0.3 is 0 Å². The molecule has 0 saturated heterocycles. The number of hydrogen-bond donors (Lipinski definition) is 3. The Labute approximate surface area is 387 Å². The third-order valence-corrected chi connectivity index (χ3v) is 12.1. The van der Waals surface area contributed by atoms with Gasteiger partial charge in [0.05, 0.1) is 18.8 Å². The van der Waals surface area contributed by atoms with E-state index in [0.717, 1.165) is 51.4 Å². The second-order valence-corrected chi connectivity index (χ2v) is 18.3. The number of amides is 1. The summed E-state index contributed by atoms with van der Waals surface area (Å²) in [4.78, 5) is 12.5. The minimum absolute atomic E-state index is 0.0801. The normalized spacial score (nSPS) is 13.4. The van der Waals surface area contributed by atoms with E-state index >= 15 is 0 Å². The predicted octanol–water partition coefficient (Wildman–Crippen LogP) is 17.8. The molecule has 4 nitrogen and oxygen atoms in total. The van der Waals surface area contributed by atoms with E-state index in [-0.39, 0.29) is 12.5 Å². The molecular formula is C58H105NO3. The minimum atomic E-state index is -0.875. The van der Waals surface area contributed by atoms with Crippen molar-refractivity contribution < 1.29 is 15.0 Å². The largest absolute Gasteiger partial charge is 0.394 e. The molecule has 0 aliphatic rings. The molecule has 360 valence electrons. The van der Waals surface area contributed by atoms with E-state index in [9.17, 15) is 15.0 Å². The highest BCUT2D eigenvalue weighted by molar-refractivity contribution is 5.76. The van der Waals surface area contributed by atoms with Gasteiger partial charge in [0.2, 0.25) is 5.91 Å². The lowest BCUT2D eigenvalue weighted by molar-refractivity contribution is -0.123. The first-order valence-corrected chi connectivity index (χ1v) is 27.2. The Bertz CT molecular complexity index is 1070. The highest BCUT2D eigenvalue weighted by Crippen LogP contribution is 2.15. The van der Waals surface area contributed by atoms with Crippen LogP contribution in [-0.2, 0) is 4.79 Å². The maximum atomic E-state index is 12.5. The lowest BCUT2D eigenvalue weighted by atomic mass is 10.0. The summed E-state index contributed by atoms with van der Waals surface area (Å²) in [6.07, 6.45) is 76.2. The first kappa shape index (κ1) is 59.8. The summed E-state index contributed by atoms with van der Waals surface area (Å²) in [5, 5.41) is 23.1. The van der Waals surface area contributed by atoms with Crippen molar-refractivity contribution in [1.29, 1.82) is 0 Å². The summed E-state index contributed by atoms with van der Waals surface area (Å²) in [7, 11) is 0. The number of aliphatic hydroxyl groups excluding tert-OH is 2. The van der Waals surface area contributed by atoms with Gasteiger partial charge in [0.15, 0.2) is 0 Å². The van der Waals surface area contributed by atoms with E-state index in [1.54, 1.807) is 6.08 Å². The molecule has 0 saturated carbocycles. The zero-order valence-corrected chi connectivity index (χ0v) is 41.4. The van der Waals surface area contributed by atoms with Gasteiger partial charge in [-0.05, 0) is 83.5 Å². The van der Waals surface area contributed by atoms with Crippen LogP contribution in [0.2, 0.25) is 0 Å². The topological polar surface area (TPSA) is 69.6 Å². The van der Waals surface area contributed by atoms with Gasteiger partial charge < -0.3 is 15.5 Å². The number of nitrogens with one attached hydrogen (secondary N) is 1. The van der Waals surface area contributed by atoms with Gasteiger partial charge in [-0.15, -0.1) is 0 Å². The van der Waals surface area contributed by atoms with E-state index in [4.69, 9.17) is 0 Å². The lowest BCUT2D eigenvalue weighted by Crippen LogP contribution is -2.45. The monoisotopic (exact) mass is 864 g/mol. The van der Waals surface area contributed by atoms with Crippen LogP contribution in [0.15, 0.2) is 72.9 Å². The molecule has 0 aliphatic carbocycles. The van der Waals surface area contributed by atoms with Gasteiger partial charge in [0.25, 0.3) is 0 Å². The lowest BCUT2D eigenvalue weighted by Gasteiger charge is -2.19. The number of carbonyl (C=O) groups excluding carboxylic acids is 1. The molecule has 0 fully saturated rings. The number of carbonyl (C=O) groups is 1. The van der Waals surface area contributed by atoms with Crippen LogP contribution < -0.4 is 5.32 Å². The molecule has 4 heteroatoms. The van der Waals surface area contributed by atoms with Crippen molar-refractivity contribution >= 4 is 5.91 Å². The smallest absolute Gasteiger partial charge is 0.220 e. The average molecular weight is 864 g/mol. The summed E-state index contributed by atoms with van der Waals surface area (Å²) in [6.45, 7) is 4.29. The van der Waals surface area contributed by atoms with E-state index in [0.29, 0.717) is 6.42 Å². The van der Waals surface area contributed by atoms with E-state index in [1.165, 1.54) is 199 Å². The average Bonchev–Trinajstić information content (AvgIpc) is 3.28. The molecule has 2 atom stereocenters. The van der Waals surface area contributed by atoms with Crippen molar-refractivity contribution in [2.24, 2.45) is 0 Å². The number of allylic oxidation sites excluding steroid dienone is 11. The molecule has 0 bridgehead atoms. The van der Waals surface area contributed by atoms with Crippen LogP contribution in [-0.4, -0.2) is 34.9 Å². The first-order chi connectivity index (χ1) is 30.7. The van der Waals surface area contributed by atoms with Crippen LogP contribution in [0.4, 0.5) is 0 Å². The van der Waals surface area contributed by atoms with Crippen LogP contribution in [0, 0.1) is 0 Å². The molecule has 0 aromatic heterocycles. The third-order valence-electron chi connectivity index (χ3n) is 12.1. The molecule has 0 aromatic rings. The zero-order chi connectivity index (χ0) is 44.9. The van der Waals surface area contributed by atoms with E-state index < -0.39 is 12.1 Å². The van der Waals surface area contributed by atoms with Crippen molar-refractivity contribution in [2.75, 3.05) is 6.61 Å². The van der Waals surface area contributed by atoms with Crippen LogP contribution in [0.25, 0.3) is 0 Å². The van der Waals surface area contributed by atoms with Crippen molar-refractivity contribution in [2.45, 2.75) is 283 Å². The van der Waals surface area contributed by atoms with Gasteiger partial charge in [-0.3, -0.25) is 4.79 Å². The fourth-order valence-corrected chi connectivity index (χ4v) is 7.98. The zero-order valence-electron chi connectivity index (χ0n) is 41.4. The summed E-state index contributed by atoms with van der Waals surface area (Å²) in [5.41, 5.74) is 0. The third kappa shape index (κ3) is 48.9. The van der Waals surface area contributed by atoms with Gasteiger partial charge in [0.1, 0.15) is 0 Å². The second-order valence-electron chi connectivity index (χ2n) is 18.3. The van der Waals surface area contributed by atoms with Crippen LogP contribution in [0.1, 0.15) is 271 Å². The van der Waals surface area contributed by atoms with E-state index in [2.05, 4.69) is 79.9 Å². The highest BCUT2D eigenvalue weighted by atomic mass is 16.3. The molecule has 0 radical (unpaired) electrons. The van der Waals surface area contributed by atoms with Crippen LogP contribution >= 0.6 is 0 Å². The van der Waals surface area contributed by atoms with E-state index in [1.807, 2.05) is 6.08 Å². The summed E-state index contributed by atoms with van der Waals surface area (Å²) in [5.74, 6) is -0.0801. The Morgan fingerprint density at radius 1 is 0.387 bits per heavy atom. The maximum Gasteiger partial charge on any atom is 0.220 e. The van der Waals surface area contributed by atoms with Crippen LogP contribution in [0.3, 0.4) is 0 Å². The summed E-state index contributed by atoms with van der Waals surface area (Å²) < 4.78 is 0. The molecule has 1 amide bonds. The maximum absolute atomic E-state index is 12.5. The Hall–Kier alpha value is -2.17. The molecular weight excluding hydrogens is 759 g/mol. The van der Waals surface area contributed by atoms with Crippen molar-refractivity contribution in [1.82, 2.24) is 5.32 Å². The second kappa shape index (κ2) is 53.2. The predicted molar refractivity (Wildman–Crippen MR) is 276 cm³/mol. The number of unbranched alkanes of at least 4 members (excludes halogenated alkanes) is 32. The molecule has 0 aromatic carbocycles. The van der Waals surface area contributed by atoms with Crippen molar-refractivity contribution in [3.05, 3.63) is 72.9 Å². The molecule has 0 rings (SSSR count). The van der Waals surface area contributed by atoms with Crippen LogP contribution in [0.5, 0.6) is 0 Å². The Kier molecular flexibility index (Phi) is 51.3. The number of hydrogen-bond acceptors (Lipinski definition) is 3. The van der Waals surface area contributed by atoms with Gasteiger partial charge in [-0.25, -0.2) is 0 Å². The van der Waals surface area contributed by atoms with Gasteiger partial charge in [0, 0.05) is 6.42 Å². The summed E-state index contributed by atoms with van der Waals surface area (Å²) >= 11 is 0. The molecule has 62 heavy (non-hydrogen) atoms. The van der Waals surface area contributed by atoms with Crippen molar-refractivity contribution in [3.8, 4) is 0 Å². The molecule has 0 aliphatic heterocycles. The Balaban J connectivity index is 3.59. The molecule has 0 heterocycles. The fourth-order valence-electron chi connectivity index (χ4n) is 7.98. The number of rotatable bonds is 49. The standard InChI is InChI=1S/C58H105NO3/c1-3-5-7-9-11-13-15-17-19-21-23-25-27-28-29-30-32-34-36-38-40-42-44-46-48-50-52-54-58(62)59-56(55-60)57(61)53-51-49-47-45-43-41-39-37-35-33-31-26-24-22-20-18-16-14-12-10-8-6-4-2/h15,17,21,23,27-28,35,37,43,45,51,53,56-57,60-61H,3-14,16,18-20,22,24-26,29-34,36,38-42,44,46-50,52,54-55H2,1-2H3,(H,59,62)/b17-15-,23-21-,28-27-,37-35+,45-43+,53-51+. The Morgan fingerprint density at radius 2 is 0.677 bits per heavy atom. The molecule has 0 spiro atoms. The highest BCUT2D eigenvalue weighted by Gasteiger charge is 2.17. The summed E-state index contributed by atoms with van der Waals surface area (Å²) in [6, 6.07) is -0.651. The van der Waals surface area contributed by atoms with Crippen molar-refractivity contribution in [3.63, 3.8) is 0 Å². The fraction of sp³-hybridized carbons (Fsp3) is 0.776. The SMILES string of the molecule is CCCCCCC/C=C\C/C=C\C/C=C\CCCCCCCCCCCCCCC(=O)NC(CO)C(O)/C=C/CC/C=C/CC/C=C/CCCCCCCCCCCCCCC. The first-order valence-electron chi connectivity index (χ1n) is 27.2. The molecule has 2 unspecified atom stereocenters. The minimum Gasteiger partial charge on any atom is -0.394 e.